The van der Waals surface area contributed by atoms with Crippen LogP contribution < -0.4 is 10.2 Å². The molecule has 5 nitrogen and oxygen atoms in total. The average molecular weight is 279 g/mol. The summed E-state index contributed by atoms with van der Waals surface area (Å²) >= 11 is 0. The largest absolute Gasteiger partial charge is 0.354 e. The van der Waals surface area contributed by atoms with E-state index in [1.165, 1.54) is 17.8 Å². The molecule has 0 spiro atoms. The highest BCUT2D eigenvalue weighted by Crippen LogP contribution is 2.26. The molecule has 0 aliphatic carbocycles. The number of nitrogens with one attached hydrogen (secondary N) is 1. The second-order valence-corrected chi connectivity index (χ2v) is 5.78. The van der Waals surface area contributed by atoms with Crippen LogP contribution in [0.4, 0.5) is 5.82 Å². The van der Waals surface area contributed by atoms with E-state index >= 15 is 0 Å². The normalized spacial score (nSPS) is 20.6. The molecule has 1 aromatic heterocycles. The third-order valence-corrected chi connectivity index (χ3v) is 4.41. The molecule has 2 rings (SSSR count). The van der Waals surface area contributed by atoms with Gasteiger partial charge < -0.3 is 10.2 Å². The fraction of sp³-hybridized carbons (Fsp3) is 0.800. The number of anilines is 1. The van der Waals surface area contributed by atoms with E-state index in [-0.39, 0.29) is 0 Å². The predicted octanol–water partition coefficient (Wildman–Crippen LogP) is 1.37. The molecule has 1 atom stereocenters. The molecular formula is C15H29N5. The maximum atomic E-state index is 4.63. The summed E-state index contributed by atoms with van der Waals surface area (Å²) in [7, 11) is 4.30. The molecule has 1 aliphatic heterocycles. The first-order valence-electron chi connectivity index (χ1n) is 7.76. The molecular weight excluding hydrogens is 250 g/mol. The van der Waals surface area contributed by atoms with Gasteiger partial charge in [0, 0.05) is 44.8 Å². The molecule has 0 bridgehead atoms. The number of aromatic nitrogens is 2. The highest BCUT2D eigenvalue weighted by atomic mass is 15.4. The molecule has 1 fully saturated rings. The summed E-state index contributed by atoms with van der Waals surface area (Å²) in [6, 6.07) is 0.644. The molecule has 1 N–H and O–H groups in total. The van der Waals surface area contributed by atoms with Crippen molar-refractivity contribution in [2.24, 2.45) is 7.05 Å². The van der Waals surface area contributed by atoms with Crippen LogP contribution in [0.25, 0.3) is 0 Å². The van der Waals surface area contributed by atoms with Crippen LogP contribution in [0.5, 0.6) is 0 Å². The molecule has 1 aliphatic rings. The second-order valence-electron chi connectivity index (χ2n) is 5.78. The first-order valence-corrected chi connectivity index (χ1v) is 7.76. The van der Waals surface area contributed by atoms with E-state index in [0.717, 1.165) is 38.4 Å². The van der Waals surface area contributed by atoms with E-state index in [1.54, 1.807) is 0 Å². The van der Waals surface area contributed by atoms with Crippen LogP contribution in [0.15, 0.2) is 0 Å². The van der Waals surface area contributed by atoms with Crippen molar-refractivity contribution in [1.29, 1.82) is 0 Å². The van der Waals surface area contributed by atoms with E-state index < -0.39 is 0 Å². The minimum atomic E-state index is 0.644. The topological polar surface area (TPSA) is 36.3 Å². The molecule has 1 saturated heterocycles. The smallest absolute Gasteiger partial charge is 0.131 e. The molecule has 5 heteroatoms. The van der Waals surface area contributed by atoms with E-state index in [0.29, 0.717) is 6.04 Å². The summed E-state index contributed by atoms with van der Waals surface area (Å²) in [5.74, 6) is 1.30. The number of rotatable bonds is 5. The maximum absolute atomic E-state index is 4.63. The minimum Gasteiger partial charge on any atom is -0.354 e. The lowest BCUT2D eigenvalue weighted by Gasteiger charge is -2.40. The number of hydrogen-bond acceptors (Lipinski definition) is 4. The number of aryl methyl sites for hydroxylation is 2. The molecule has 1 unspecified atom stereocenters. The van der Waals surface area contributed by atoms with Gasteiger partial charge in [-0.2, -0.15) is 5.10 Å². The lowest BCUT2D eigenvalue weighted by molar-refractivity contribution is 0.212. The van der Waals surface area contributed by atoms with Crippen LogP contribution in [-0.4, -0.2) is 53.9 Å². The summed E-state index contributed by atoms with van der Waals surface area (Å²) in [6.07, 6.45) is 1.20. The van der Waals surface area contributed by atoms with Crippen molar-refractivity contribution in [1.82, 2.24) is 20.0 Å². The third-order valence-electron chi connectivity index (χ3n) is 4.41. The zero-order chi connectivity index (χ0) is 14.7. The van der Waals surface area contributed by atoms with Gasteiger partial charge in [0.15, 0.2) is 0 Å². The van der Waals surface area contributed by atoms with Gasteiger partial charge in [-0.25, -0.2) is 0 Å². The van der Waals surface area contributed by atoms with Crippen molar-refractivity contribution in [3.63, 3.8) is 0 Å². The highest BCUT2D eigenvalue weighted by molar-refractivity contribution is 5.50. The van der Waals surface area contributed by atoms with Crippen molar-refractivity contribution < 1.29 is 0 Å². The Morgan fingerprint density at radius 2 is 2.00 bits per heavy atom. The van der Waals surface area contributed by atoms with E-state index in [2.05, 4.69) is 59.8 Å². The number of piperazine rings is 1. The molecule has 2 heterocycles. The van der Waals surface area contributed by atoms with Crippen LogP contribution in [0.2, 0.25) is 0 Å². The van der Waals surface area contributed by atoms with Gasteiger partial charge in [-0.15, -0.1) is 0 Å². The molecule has 0 saturated carbocycles. The molecule has 0 aromatic carbocycles. The number of likely N-dealkylation sites (N-methyl/N-ethyl adjacent to an activating group) is 1. The summed E-state index contributed by atoms with van der Waals surface area (Å²) in [6.45, 7) is 11.8. The van der Waals surface area contributed by atoms with E-state index in [1.807, 2.05) is 0 Å². The van der Waals surface area contributed by atoms with Gasteiger partial charge in [-0.3, -0.25) is 9.58 Å². The molecule has 0 amide bonds. The highest BCUT2D eigenvalue weighted by Gasteiger charge is 2.27. The quantitative estimate of drug-likeness (QED) is 0.883. The summed E-state index contributed by atoms with van der Waals surface area (Å²) in [5, 5.41) is 8.07. The molecule has 114 valence electrons. The lowest BCUT2D eigenvalue weighted by atomic mass is 10.1. The van der Waals surface area contributed by atoms with E-state index in [4.69, 9.17) is 0 Å². The SMILES string of the molecule is CCNCc1c(C)nn(C)c1N1CCN(C)C(CC)C1. The Morgan fingerprint density at radius 1 is 1.25 bits per heavy atom. The maximum Gasteiger partial charge on any atom is 0.131 e. The van der Waals surface area contributed by atoms with Gasteiger partial charge in [0.05, 0.1) is 5.69 Å². The predicted molar refractivity (Wildman–Crippen MR) is 84.2 cm³/mol. The number of nitrogens with zero attached hydrogens (tertiary/aromatic N) is 4. The molecule has 0 radical (unpaired) electrons. The number of hydrogen-bond donors (Lipinski definition) is 1. The van der Waals surface area contributed by atoms with Gasteiger partial charge in [-0.05, 0) is 26.9 Å². The van der Waals surface area contributed by atoms with Gasteiger partial charge in [0.2, 0.25) is 0 Å². The van der Waals surface area contributed by atoms with Crippen LogP contribution >= 0.6 is 0 Å². The second kappa shape index (κ2) is 6.59. The van der Waals surface area contributed by atoms with Gasteiger partial charge in [0.25, 0.3) is 0 Å². The molecule has 20 heavy (non-hydrogen) atoms. The summed E-state index contributed by atoms with van der Waals surface area (Å²) in [5.41, 5.74) is 2.50. The van der Waals surface area contributed by atoms with Crippen molar-refractivity contribution in [2.75, 3.05) is 38.1 Å². The van der Waals surface area contributed by atoms with E-state index in [9.17, 15) is 0 Å². The molecule has 1 aromatic rings. The Kier molecular flexibility index (Phi) is 5.05. The van der Waals surface area contributed by atoms with Gasteiger partial charge in [-0.1, -0.05) is 13.8 Å². The minimum absolute atomic E-state index is 0.644. The monoisotopic (exact) mass is 279 g/mol. The Hall–Kier alpha value is -1.07. The summed E-state index contributed by atoms with van der Waals surface area (Å²) < 4.78 is 2.06. The Morgan fingerprint density at radius 3 is 2.65 bits per heavy atom. The first-order chi connectivity index (χ1) is 9.58. The van der Waals surface area contributed by atoms with Crippen LogP contribution in [0.3, 0.4) is 0 Å². The van der Waals surface area contributed by atoms with Crippen molar-refractivity contribution in [3.8, 4) is 0 Å². The Bertz CT molecular complexity index is 440. The zero-order valence-corrected chi connectivity index (χ0v) is 13.6. The van der Waals surface area contributed by atoms with Crippen molar-refractivity contribution in [2.45, 2.75) is 39.8 Å². The van der Waals surface area contributed by atoms with Gasteiger partial charge >= 0.3 is 0 Å². The van der Waals surface area contributed by atoms with Crippen LogP contribution in [0.1, 0.15) is 31.5 Å². The zero-order valence-electron chi connectivity index (χ0n) is 13.6. The average Bonchev–Trinajstić information content (AvgIpc) is 2.71. The van der Waals surface area contributed by atoms with Crippen LogP contribution in [0, 0.1) is 6.92 Å². The summed E-state index contributed by atoms with van der Waals surface area (Å²) in [4.78, 5) is 4.99. The Labute approximate surface area is 122 Å². The van der Waals surface area contributed by atoms with Crippen molar-refractivity contribution in [3.05, 3.63) is 11.3 Å². The van der Waals surface area contributed by atoms with Crippen molar-refractivity contribution >= 4 is 5.82 Å². The third kappa shape index (κ3) is 2.99. The standard InChI is InChI=1S/C15H29N5/c1-6-13-11-20(9-8-18(13)4)15-14(10-16-7-2)12(3)17-19(15)5/h13,16H,6-11H2,1-5H3. The van der Waals surface area contributed by atoms with Crippen LogP contribution in [-0.2, 0) is 13.6 Å². The fourth-order valence-electron chi connectivity index (χ4n) is 3.12. The fourth-order valence-corrected chi connectivity index (χ4v) is 3.12. The van der Waals surface area contributed by atoms with Gasteiger partial charge in [0.1, 0.15) is 5.82 Å². The lowest BCUT2D eigenvalue weighted by Crippen LogP contribution is -2.52. The first kappa shape index (κ1) is 15.3. The Balaban J connectivity index is 2.23.